The summed E-state index contributed by atoms with van der Waals surface area (Å²) in [4.78, 5) is 26.4. The van der Waals surface area contributed by atoms with Crippen molar-refractivity contribution in [3.8, 4) is 6.01 Å². The molecule has 0 spiro atoms. The first-order valence-corrected chi connectivity index (χ1v) is 8.82. The minimum absolute atomic E-state index is 0.0548. The topological polar surface area (TPSA) is 68.2 Å². The first kappa shape index (κ1) is 16.6. The summed E-state index contributed by atoms with van der Waals surface area (Å²) < 4.78 is 18.5. The standard InChI is InChI=1S/C16H17FN4O2S/c1-24-14-13(5-2-6-18-14)15(22)21-7-3-4-12(10-21)23-16-19-8-11(17)9-20-16/h2,5-6,8-9,12H,3-4,7,10H2,1H3/t12-/m0/s1. The molecular formula is C16H17FN4O2S. The van der Waals surface area contributed by atoms with Crippen molar-refractivity contribution in [3.05, 3.63) is 42.1 Å². The molecule has 0 aromatic carbocycles. The summed E-state index contributed by atoms with van der Waals surface area (Å²) in [6.07, 6.45) is 7.12. The van der Waals surface area contributed by atoms with Crippen molar-refractivity contribution < 1.29 is 13.9 Å². The molecule has 2 aromatic heterocycles. The third-order valence-corrected chi connectivity index (χ3v) is 4.44. The second kappa shape index (κ2) is 7.57. The van der Waals surface area contributed by atoms with Gasteiger partial charge in [0.1, 0.15) is 11.1 Å². The molecule has 0 radical (unpaired) electrons. The Morgan fingerprint density at radius 2 is 2.17 bits per heavy atom. The van der Waals surface area contributed by atoms with E-state index in [2.05, 4.69) is 15.0 Å². The van der Waals surface area contributed by atoms with Crippen molar-refractivity contribution in [3.63, 3.8) is 0 Å². The van der Waals surface area contributed by atoms with E-state index in [0.29, 0.717) is 23.7 Å². The van der Waals surface area contributed by atoms with Gasteiger partial charge in [-0.15, -0.1) is 11.8 Å². The van der Waals surface area contributed by atoms with Gasteiger partial charge in [-0.05, 0) is 31.2 Å². The molecule has 3 heterocycles. The predicted molar refractivity (Wildman–Crippen MR) is 87.6 cm³/mol. The minimum Gasteiger partial charge on any atom is -0.458 e. The molecule has 1 aliphatic rings. The molecule has 1 atom stereocenters. The number of aromatic nitrogens is 3. The minimum atomic E-state index is -0.510. The lowest BCUT2D eigenvalue weighted by Crippen LogP contribution is -2.44. The van der Waals surface area contributed by atoms with Crippen LogP contribution < -0.4 is 4.74 Å². The van der Waals surface area contributed by atoms with Crippen LogP contribution in [0.3, 0.4) is 0 Å². The zero-order valence-electron chi connectivity index (χ0n) is 13.2. The number of carbonyl (C=O) groups is 1. The van der Waals surface area contributed by atoms with E-state index in [1.807, 2.05) is 6.26 Å². The van der Waals surface area contributed by atoms with Crippen LogP contribution in [0.15, 0.2) is 35.7 Å². The van der Waals surface area contributed by atoms with Crippen LogP contribution in [-0.2, 0) is 0 Å². The van der Waals surface area contributed by atoms with E-state index in [1.165, 1.54) is 11.8 Å². The van der Waals surface area contributed by atoms with E-state index in [4.69, 9.17) is 4.74 Å². The van der Waals surface area contributed by atoms with Crippen LogP contribution >= 0.6 is 11.8 Å². The zero-order chi connectivity index (χ0) is 16.9. The lowest BCUT2D eigenvalue weighted by atomic mass is 10.1. The van der Waals surface area contributed by atoms with Gasteiger partial charge in [-0.2, -0.15) is 0 Å². The molecule has 8 heteroatoms. The molecule has 3 rings (SSSR count). The number of likely N-dealkylation sites (tertiary alicyclic amines) is 1. The summed E-state index contributed by atoms with van der Waals surface area (Å²) >= 11 is 1.45. The second-order valence-corrected chi connectivity index (χ2v) is 6.17. The Bertz CT molecular complexity index is 713. The summed E-state index contributed by atoms with van der Waals surface area (Å²) in [5.74, 6) is -0.565. The number of carbonyl (C=O) groups excluding carboxylic acids is 1. The lowest BCUT2D eigenvalue weighted by Gasteiger charge is -2.32. The molecule has 0 unspecified atom stereocenters. The molecule has 6 nitrogen and oxygen atoms in total. The Kier molecular flexibility index (Phi) is 5.24. The number of amides is 1. The summed E-state index contributed by atoms with van der Waals surface area (Å²) in [7, 11) is 0. The maximum absolute atomic E-state index is 12.9. The van der Waals surface area contributed by atoms with Crippen molar-refractivity contribution in [1.29, 1.82) is 0 Å². The van der Waals surface area contributed by atoms with Crippen molar-refractivity contribution in [2.24, 2.45) is 0 Å². The highest BCUT2D eigenvalue weighted by molar-refractivity contribution is 7.98. The van der Waals surface area contributed by atoms with Crippen LogP contribution in [-0.4, -0.2) is 51.2 Å². The van der Waals surface area contributed by atoms with Gasteiger partial charge in [0.05, 0.1) is 24.5 Å². The summed E-state index contributed by atoms with van der Waals surface area (Å²) in [5, 5.41) is 0.715. The number of ether oxygens (including phenoxy) is 1. The molecule has 1 fully saturated rings. The Morgan fingerprint density at radius 1 is 1.38 bits per heavy atom. The normalized spacial score (nSPS) is 17.6. The SMILES string of the molecule is CSc1ncccc1C(=O)N1CCC[C@H](Oc2ncc(F)cn2)C1. The third-order valence-electron chi connectivity index (χ3n) is 3.73. The second-order valence-electron chi connectivity index (χ2n) is 5.38. The molecular weight excluding hydrogens is 331 g/mol. The fourth-order valence-corrected chi connectivity index (χ4v) is 3.16. The van der Waals surface area contributed by atoms with E-state index >= 15 is 0 Å². The number of halogens is 1. The number of hydrogen-bond acceptors (Lipinski definition) is 6. The number of pyridine rings is 1. The average Bonchev–Trinajstić information content (AvgIpc) is 2.63. The van der Waals surface area contributed by atoms with Gasteiger partial charge in [-0.3, -0.25) is 4.79 Å². The van der Waals surface area contributed by atoms with Gasteiger partial charge in [0.25, 0.3) is 5.91 Å². The molecule has 1 aliphatic heterocycles. The maximum atomic E-state index is 12.9. The number of hydrogen-bond donors (Lipinski definition) is 0. The first-order valence-electron chi connectivity index (χ1n) is 7.60. The van der Waals surface area contributed by atoms with Crippen LogP contribution in [0.2, 0.25) is 0 Å². The van der Waals surface area contributed by atoms with Gasteiger partial charge in [0, 0.05) is 12.7 Å². The molecule has 0 N–H and O–H groups in total. The van der Waals surface area contributed by atoms with Crippen LogP contribution in [0, 0.1) is 5.82 Å². The Labute approximate surface area is 143 Å². The quantitative estimate of drug-likeness (QED) is 0.791. The number of nitrogens with zero attached hydrogens (tertiary/aromatic N) is 4. The van der Waals surface area contributed by atoms with Gasteiger partial charge in [-0.25, -0.2) is 19.3 Å². The van der Waals surface area contributed by atoms with Crippen molar-refractivity contribution in [2.75, 3.05) is 19.3 Å². The number of rotatable bonds is 4. The van der Waals surface area contributed by atoms with Crippen LogP contribution in [0.1, 0.15) is 23.2 Å². The number of piperidine rings is 1. The van der Waals surface area contributed by atoms with E-state index in [9.17, 15) is 9.18 Å². The van der Waals surface area contributed by atoms with Gasteiger partial charge in [0.2, 0.25) is 0 Å². The van der Waals surface area contributed by atoms with Gasteiger partial charge in [-0.1, -0.05) is 0 Å². The first-order chi connectivity index (χ1) is 11.7. The average molecular weight is 348 g/mol. The van der Waals surface area contributed by atoms with E-state index in [-0.39, 0.29) is 18.0 Å². The van der Waals surface area contributed by atoms with E-state index in [0.717, 1.165) is 25.2 Å². The Hall–Kier alpha value is -2.22. The van der Waals surface area contributed by atoms with Gasteiger partial charge >= 0.3 is 6.01 Å². The summed E-state index contributed by atoms with van der Waals surface area (Å²) in [6.45, 7) is 1.12. The Morgan fingerprint density at radius 3 is 2.92 bits per heavy atom. The molecule has 2 aromatic rings. The predicted octanol–water partition coefficient (Wildman–Crippen LogP) is 2.42. The summed E-state index contributed by atoms with van der Waals surface area (Å²) in [5.41, 5.74) is 0.601. The van der Waals surface area contributed by atoms with E-state index in [1.54, 1.807) is 23.2 Å². The molecule has 0 aliphatic carbocycles. The highest BCUT2D eigenvalue weighted by Gasteiger charge is 2.27. The molecule has 0 bridgehead atoms. The van der Waals surface area contributed by atoms with Crippen LogP contribution in [0.25, 0.3) is 0 Å². The third kappa shape index (κ3) is 3.81. The molecule has 24 heavy (non-hydrogen) atoms. The van der Waals surface area contributed by atoms with E-state index < -0.39 is 5.82 Å². The highest BCUT2D eigenvalue weighted by atomic mass is 32.2. The van der Waals surface area contributed by atoms with Crippen LogP contribution in [0.4, 0.5) is 4.39 Å². The molecule has 1 amide bonds. The molecule has 1 saturated heterocycles. The zero-order valence-corrected chi connectivity index (χ0v) is 14.0. The number of thioether (sulfide) groups is 1. The van der Waals surface area contributed by atoms with Gasteiger partial charge in [0.15, 0.2) is 5.82 Å². The van der Waals surface area contributed by atoms with Crippen LogP contribution in [0.5, 0.6) is 6.01 Å². The molecule has 0 saturated carbocycles. The van der Waals surface area contributed by atoms with Gasteiger partial charge < -0.3 is 9.64 Å². The largest absolute Gasteiger partial charge is 0.458 e. The summed E-state index contributed by atoms with van der Waals surface area (Å²) in [6, 6.07) is 3.67. The smallest absolute Gasteiger partial charge is 0.316 e. The van der Waals surface area contributed by atoms with Crippen molar-refractivity contribution in [1.82, 2.24) is 19.9 Å². The van der Waals surface area contributed by atoms with Crippen molar-refractivity contribution >= 4 is 17.7 Å². The maximum Gasteiger partial charge on any atom is 0.316 e. The Balaban J connectivity index is 1.68. The molecule has 126 valence electrons. The lowest BCUT2D eigenvalue weighted by molar-refractivity contribution is 0.0511. The monoisotopic (exact) mass is 348 g/mol. The fourth-order valence-electron chi connectivity index (χ4n) is 2.62. The fraction of sp³-hybridized carbons (Fsp3) is 0.375. The van der Waals surface area contributed by atoms with Crippen molar-refractivity contribution in [2.45, 2.75) is 24.0 Å². The highest BCUT2D eigenvalue weighted by Crippen LogP contribution is 2.22.